The van der Waals surface area contributed by atoms with Gasteiger partial charge >= 0.3 is 0 Å². The molecule has 22 heteroatoms. The molecule has 0 bridgehead atoms. The molecule has 0 radical (unpaired) electrons. The van der Waals surface area contributed by atoms with Gasteiger partial charge in [-0.3, -0.25) is 4.79 Å². The van der Waals surface area contributed by atoms with Crippen molar-refractivity contribution in [1.82, 2.24) is 5.32 Å². The molecule has 4 heterocycles. The Bertz CT molecular complexity index is 1030. The maximum absolute atomic E-state index is 11.9. The monoisotopic (exact) mass is 707 g/mol. The van der Waals surface area contributed by atoms with E-state index in [4.69, 9.17) is 33.2 Å². The molecule has 4 aliphatic heterocycles. The quantitative estimate of drug-likeness (QED) is 0.0947. The molecule has 0 aliphatic carbocycles. The van der Waals surface area contributed by atoms with E-state index in [-0.39, 0.29) is 0 Å². The Balaban J connectivity index is 1.42. The van der Waals surface area contributed by atoms with Gasteiger partial charge in [0.15, 0.2) is 25.2 Å². The van der Waals surface area contributed by atoms with Crippen molar-refractivity contribution in [2.45, 2.75) is 130 Å². The van der Waals surface area contributed by atoms with Gasteiger partial charge in [0.05, 0.1) is 26.4 Å². The average molecular weight is 708 g/mol. The summed E-state index contributed by atoms with van der Waals surface area (Å²) in [5.41, 5.74) is 0. The molecule has 0 saturated carbocycles. The van der Waals surface area contributed by atoms with Gasteiger partial charge in [-0.05, 0) is 0 Å². The largest absolute Gasteiger partial charge is 0.394 e. The highest BCUT2D eigenvalue weighted by atomic mass is 16.8. The highest BCUT2D eigenvalue weighted by molar-refractivity contribution is 5.73. The first-order chi connectivity index (χ1) is 22.6. The standard InChI is InChI=1S/C26H45NO21/c1-6(30)27-11-16(35)14(33)9(46-24(11)48-22-19(38)13(32)7(2-28)44-23(22)41)4-43-26-21(40)18(37)15(34)10(47-26)5-42-25-20(39)17(36)12(31)8(3-29)45-25/h7-26,28-29,31-41H,2-5H2,1H3,(H,27,30)/t7-,8-,9-,10-,11-,12-,13-,14-,15-,16-,17+,18+,19+,20-,21-,22-,23+,24+,25-,26-/m1/s1. The lowest BCUT2D eigenvalue weighted by atomic mass is 9.95. The van der Waals surface area contributed by atoms with Crippen molar-refractivity contribution >= 4 is 5.91 Å². The predicted molar refractivity (Wildman–Crippen MR) is 145 cm³/mol. The Morgan fingerprint density at radius 3 is 1.46 bits per heavy atom. The molecule has 0 spiro atoms. The van der Waals surface area contributed by atoms with Crippen LogP contribution in [0.4, 0.5) is 0 Å². The number of amides is 1. The zero-order valence-electron chi connectivity index (χ0n) is 25.5. The number of aliphatic hydroxyl groups is 13. The van der Waals surface area contributed by atoms with Gasteiger partial charge in [0.1, 0.15) is 97.6 Å². The van der Waals surface area contributed by atoms with Crippen molar-refractivity contribution in [3.8, 4) is 0 Å². The molecule has 4 aliphatic rings. The SMILES string of the molecule is CC(=O)N[C@H]1[C@H](O[C@@H]2[C@@H](O)[C@H](O)[C@@H](CO)O[C@@H]2O)O[C@H](CO[C@@H]2O[C@H](CO[C@@H]3O[C@H](CO)[C@@H](O)[C@H](O)[C@H]3O)[C@@H](O)[C@H](O)[C@H]2O)[C@@H](O)[C@@H]1O. The number of aliphatic hydroxyl groups excluding tert-OH is 13. The first kappa shape index (κ1) is 39.5. The van der Waals surface area contributed by atoms with E-state index in [9.17, 15) is 71.2 Å². The van der Waals surface area contributed by atoms with Crippen LogP contribution in [0, 0.1) is 0 Å². The Morgan fingerprint density at radius 1 is 0.542 bits per heavy atom. The maximum Gasteiger partial charge on any atom is 0.217 e. The lowest BCUT2D eigenvalue weighted by Gasteiger charge is -2.47. The molecule has 48 heavy (non-hydrogen) atoms. The van der Waals surface area contributed by atoms with Gasteiger partial charge in [0, 0.05) is 6.92 Å². The fourth-order valence-corrected chi connectivity index (χ4v) is 5.72. The van der Waals surface area contributed by atoms with Crippen molar-refractivity contribution < 1.29 is 104 Å². The van der Waals surface area contributed by atoms with Gasteiger partial charge in [-0.25, -0.2) is 0 Å². The number of carbonyl (C=O) groups excluding carboxylic acids is 1. The molecular formula is C26H45NO21. The molecule has 4 rings (SSSR count). The predicted octanol–water partition coefficient (Wildman–Crippen LogP) is -9.61. The molecule has 0 aromatic heterocycles. The van der Waals surface area contributed by atoms with Crippen LogP contribution in [0.3, 0.4) is 0 Å². The Labute approximate surface area is 272 Å². The van der Waals surface area contributed by atoms with E-state index in [2.05, 4.69) is 5.32 Å². The summed E-state index contributed by atoms with van der Waals surface area (Å²) in [4.78, 5) is 11.9. The summed E-state index contributed by atoms with van der Waals surface area (Å²) in [5.74, 6) is -0.706. The minimum atomic E-state index is -1.93. The zero-order chi connectivity index (χ0) is 35.6. The van der Waals surface area contributed by atoms with Gasteiger partial charge in [0.2, 0.25) is 5.91 Å². The first-order valence-electron chi connectivity index (χ1n) is 15.1. The van der Waals surface area contributed by atoms with E-state index in [0.717, 1.165) is 6.92 Å². The summed E-state index contributed by atoms with van der Waals surface area (Å²) >= 11 is 0. The van der Waals surface area contributed by atoms with Gasteiger partial charge in [-0.1, -0.05) is 0 Å². The van der Waals surface area contributed by atoms with Crippen molar-refractivity contribution in [2.24, 2.45) is 0 Å². The van der Waals surface area contributed by atoms with Crippen LogP contribution >= 0.6 is 0 Å². The van der Waals surface area contributed by atoms with E-state index >= 15 is 0 Å². The van der Waals surface area contributed by atoms with Crippen LogP contribution in [0.5, 0.6) is 0 Å². The van der Waals surface area contributed by atoms with Crippen molar-refractivity contribution in [1.29, 1.82) is 0 Å². The summed E-state index contributed by atoms with van der Waals surface area (Å²) in [6, 6.07) is -1.52. The Morgan fingerprint density at radius 2 is 0.958 bits per heavy atom. The van der Waals surface area contributed by atoms with E-state index < -0.39 is 155 Å². The van der Waals surface area contributed by atoms with Gasteiger partial charge in [-0.2, -0.15) is 0 Å². The maximum atomic E-state index is 11.9. The number of hydrogen-bond acceptors (Lipinski definition) is 21. The van der Waals surface area contributed by atoms with Crippen molar-refractivity contribution in [3.63, 3.8) is 0 Å². The summed E-state index contributed by atoms with van der Waals surface area (Å²) in [7, 11) is 0. The molecule has 14 N–H and O–H groups in total. The van der Waals surface area contributed by atoms with Gasteiger partial charge < -0.3 is 105 Å². The van der Waals surface area contributed by atoms with E-state index in [0.29, 0.717) is 0 Å². The van der Waals surface area contributed by atoms with Crippen molar-refractivity contribution in [3.05, 3.63) is 0 Å². The number of hydrogen-bond donors (Lipinski definition) is 14. The molecule has 4 fully saturated rings. The summed E-state index contributed by atoms with van der Waals surface area (Å²) < 4.78 is 37.9. The molecule has 0 unspecified atom stereocenters. The van der Waals surface area contributed by atoms with Gasteiger partial charge in [-0.15, -0.1) is 0 Å². The van der Waals surface area contributed by atoms with Crippen LogP contribution < -0.4 is 5.32 Å². The van der Waals surface area contributed by atoms with Crippen LogP contribution in [0.2, 0.25) is 0 Å². The van der Waals surface area contributed by atoms with E-state index in [1.165, 1.54) is 0 Å². The fraction of sp³-hybridized carbons (Fsp3) is 0.962. The van der Waals surface area contributed by atoms with E-state index in [1.807, 2.05) is 0 Å². The lowest BCUT2D eigenvalue weighted by Crippen LogP contribution is -2.67. The van der Waals surface area contributed by atoms with Gasteiger partial charge in [0.25, 0.3) is 0 Å². The second-order valence-corrected chi connectivity index (χ2v) is 12.0. The molecular weight excluding hydrogens is 662 g/mol. The molecule has 0 aromatic carbocycles. The number of carbonyl (C=O) groups is 1. The molecule has 4 saturated heterocycles. The highest BCUT2D eigenvalue weighted by Crippen LogP contribution is 2.30. The average Bonchev–Trinajstić information content (AvgIpc) is 3.05. The number of nitrogens with one attached hydrogen (secondary N) is 1. The summed E-state index contributed by atoms with van der Waals surface area (Å²) in [6.45, 7) is -1.80. The minimum Gasteiger partial charge on any atom is -0.394 e. The topological polar surface area (TPSA) is 357 Å². The third kappa shape index (κ3) is 8.41. The lowest BCUT2D eigenvalue weighted by molar-refractivity contribution is -0.357. The number of rotatable bonds is 11. The summed E-state index contributed by atoms with van der Waals surface area (Å²) in [5, 5.41) is 135. The van der Waals surface area contributed by atoms with Crippen LogP contribution in [0.1, 0.15) is 6.92 Å². The Kier molecular flexibility index (Phi) is 13.8. The zero-order valence-corrected chi connectivity index (χ0v) is 25.5. The van der Waals surface area contributed by atoms with Crippen LogP contribution in [-0.2, 0) is 38.0 Å². The fourth-order valence-electron chi connectivity index (χ4n) is 5.72. The van der Waals surface area contributed by atoms with Crippen LogP contribution in [0.25, 0.3) is 0 Å². The highest BCUT2D eigenvalue weighted by Gasteiger charge is 2.52. The molecule has 20 atom stereocenters. The second kappa shape index (κ2) is 16.8. The second-order valence-electron chi connectivity index (χ2n) is 12.0. The normalized spacial score (nSPS) is 50.2. The summed E-state index contributed by atoms with van der Waals surface area (Å²) in [6.07, 6.45) is -32.6. The smallest absolute Gasteiger partial charge is 0.217 e. The molecule has 0 aromatic rings. The van der Waals surface area contributed by atoms with Crippen molar-refractivity contribution in [2.75, 3.05) is 26.4 Å². The minimum absolute atomic E-state index is 0.653. The first-order valence-corrected chi connectivity index (χ1v) is 15.1. The molecule has 22 nitrogen and oxygen atoms in total. The van der Waals surface area contributed by atoms with Crippen LogP contribution in [-0.4, -0.2) is 221 Å². The Hall–Kier alpha value is -1.33. The third-order valence-corrected chi connectivity index (χ3v) is 8.57. The number of ether oxygens (including phenoxy) is 7. The van der Waals surface area contributed by atoms with E-state index in [1.54, 1.807) is 0 Å². The molecule has 280 valence electrons. The molecule has 1 amide bonds. The third-order valence-electron chi connectivity index (χ3n) is 8.57. The van der Waals surface area contributed by atoms with Crippen LogP contribution in [0.15, 0.2) is 0 Å².